The van der Waals surface area contributed by atoms with E-state index in [1.807, 2.05) is 24.3 Å². The van der Waals surface area contributed by atoms with Crippen LogP contribution in [0.5, 0.6) is 5.75 Å². The van der Waals surface area contributed by atoms with Crippen molar-refractivity contribution >= 4 is 12.4 Å². The second kappa shape index (κ2) is 5.25. The molecule has 1 aromatic carbocycles. The summed E-state index contributed by atoms with van der Waals surface area (Å²) < 4.78 is 11.2. The predicted molar refractivity (Wildman–Crippen MR) is 68.6 cm³/mol. The van der Waals surface area contributed by atoms with E-state index < -0.39 is 0 Å². The van der Waals surface area contributed by atoms with Gasteiger partial charge in [0.15, 0.2) is 0 Å². The molecule has 0 radical (unpaired) electrons. The first kappa shape index (κ1) is 12.0. The normalized spacial score (nSPS) is 14.1. The molecule has 0 unspecified atom stereocenters. The summed E-state index contributed by atoms with van der Waals surface area (Å²) in [5, 5.41) is 3.32. The summed E-state index contributed by atoms with van der Waals surface area (Å²) in [6.07, 6.45) is 1.68. The summed E-state index contributed by atoms with van der Waals surface area (Å²) in [6, 6.07) is 10.00. The lowest BCUT2D eigenvalue weighted by Crippen LogP contribution is -2.16. The highest BCUT2D eigenvalue weighted by atomic mass is 35.5. The van der Waals surface area contributed by atoms with E-state index >= 15 is 0 Å². The van der Waals surface area contributed by atoms with Gasteiger partial charge in [-0.15, -0.1) is 12.4 Å². The lowest BCUT2D eigenvalue weighted by Gasteiger charge is -2.10. The summed E-state index contributed by atoms with van der Waals surface area (Å²) >= 11 is 0. The van der Waals surface area contributed by atoms with Crippen molar-refractivity contribution in [1.82, 2.24) is 5.32 Å². The van der Waals surface area contributed by atoms with Gasteiger partial charge >= 0.3 is 0 Å². The Morgan fingerprint density at radius 1 is 1.12 bits per heavy atom. The Morgan fingerprint density at radius 3 is 2.88 bits per heavy atom. The van der Waals surface area contributed by atoms with Gasteiger partial charge in [-0.25, -0.2) is 0 Å². The second-order valence-electron chi connectivity index (χ2n) is 3.80. The van der Waals surface area contributed by atoms with Crippen molar-refractivity contribution in [3.8, 4) is 17.1 Å². The zero-order valence-corrected chi connectivity index (χ0v) is 10.1. The molecule has 90 valence electrons. The average molecular weight is 252 g/mol. The lowest BCUT2D eigenvalue weighted by molar-refractivity contribution is 0.326. The minimum atomic E-state index is 0. The molecule has 0 saturated carbocycles. The van der Waals surface area contributed by atoms with Crippen molar-refractivity contribution in [2.75, 3.05) is 13.2 Å². The van der Waals surface area contributed by atoms with Crippen LogP contribution in [0.2, 0.25) is 0 Å². The number of rotatable bonds is 1. The molecule has 0 bridgehead atoms. The maximum Gasteiger partial charge on any atom is 0.137 e. The van der Waals surface area contributed by atoms with Gasteiger partial charge in [0.2, 0.25) is 0 Å². The van der Waals surface area contributed by atoms with E-state index in [1.54, 1.807) is 6.26 Å². The molecule has 1 aromatic heterocycles. The topological polar surface area (TPSA) is 34.4 Å². The maximum atomic E-state index is 5.78. The summed E-state index contributed by atoms with van der Waals surface area (Å²) in [7, 11) is 0. The van der Waals surface area contributed by atoms with Gasteiger partial charge in [0.25, 0.3) is 0 Å². The smallest absolute Gasteiger partial charge is 0.137 e. The summed E-state index contributed by atoms with van der Waals surface area (Å²) in [6.45, 7) is 2.43. The van der Waals surface area contributed by atoms with Gasteiger partial charge in [-0.3, -0.25) is 0 Å². The molecule has 1 aliphatic heterocycles. The van der Waals surface area contributed by atoms with Crippen molar-refractivity contribution in [3.63, 3.8) is 0 Å². The number of hydrogen-bond acceptors (Lipinski definition) is 3. The highest BCUT2D eigenvalue weighted by Gasteiger charge is 2.15. The first-order valence-corrected chi connectivity index (χ1v) is 5.44. The van der Waals surface area contributed by atoms with E-state index in [0.29, 0.717) is 6.61 Å². The van der Waals surface area contributed by atoms with E-state index in [2.05, 4.69) is 11.4 Å². The molecule has 0 fully saturated rings. The highest BCUT2D eigenvalue weighted by Crippen LogP contribution is 2.34. The molecule has 0 saturated heterocycles. The Hall–Kier alpha value is -1.45. The Kier molecular flexibility index (Phi) is 3.71. The van der Waals surface area contributed by atoms with Gasteiger partial charge in [0.1, 0.15) is 18.1 Å². The van der Waals surface area contributed by atoms with Crippen molar-refractivity contribution < 1.29 is 9.15 Å². The fourth-order valence-corrected chi connectivity index (χ4v) is 1.97. The third kappa shape index (κ3) is 2.30. The van der Waals surface area contributed by atoms with Crippen LogP contribution < -0.4 is 10.1 Å². The predicted octanol–water partition coefficient (Wildman–Crippen LogP) is 2.85. The largest absolute Gasteiger partial charge is 0.491 e. The van der Waals surface area contributed by atoms with Gasteiger partial charge < -0.3 is 14.5 Å². The molecule has 17 heavy (non-hydrogen) atoms. The van der Waals surface area contributed by atoms with Crippen LogP contribution in [-0.2, 0) is 6.54 Å². The molecule has 1 N–H and O–H groups in total. The van der Waals surface area contributed by atoms with Gasteiger partial charge in [-0.1, -0.05) is 12.1 Å². The van der Waals surface area contributed by atoms with Crippen LogP contribution >= 0.6 is 12.4 Å². The molecule has 0 spiro atoms. The Balaban J connectivity index is 0.00000108. The van der Waals surface area contributed by atoms with Crippen molar-refractivity contribution in [3.05, 3.63) is 42.2 Å². The van der Waals surface area contributed by atoms with Crippen LogP contribution in [0.1, 0.15) is 5.56 Å². The minimum Gasteiger partial charge on any atom is -0.491 e. The van der Waals surface area contributed by atoms with E-state index in [4.69, 9.17) is 9.15 Å². The van der Waals surface area contributed by atoms with Crippen LogP contribution in [0.3, 0.4) is 0 Å². The zero-order chi connectivity index (χ0) is 10.8. The van der Waals surface area contributed by atoms with Crippen molar-refractivity contribution in [1.29, 1.82) is 0 Å². The van der Waals surface area contributed by atoms with E-state index in [1.165, 1.54) is 5.56 Å². The van der Waals surface area contributed by atoms with Crippen molar-refractivity contribution in [2.24, 2.45) is 0 Å². The Bertz CT molecular complexity index is 482. The van der Waals surface area contributed by atoms with E-state index in [9.17, 15) is 0 Å². The average Bonchev–Trinajstić information content (AvgIpc) is 2.73. The second-order valence-corrected chi connectivity index (χ2v) is 3.80. The zero-order valence-electron chi connectivity index (χ0n) is 9.31. The third-order valence-electron chi connectivity index (χ3n) is 2.72. The first-order valence-electron chi connectivity index (χ1n) is 5.44. The fourth-order valence-electron chi connectivity index (χ4n) is 1.97. The number of ether oxygens (including phenoxy) is 1. The van der Waals surface area contributed by atoms with Crippen LogP contribution in [-0.4, -0.2) is 13.2 Å². The Morgan fingerprint density at radius 2 is 2.06 bits per heavy atom. The molecule has 3 rings (SSSR count). The number of halogens is 1. The number of fused-ring (bicyclic) bond motifs is 1. The molecular formula is C13H14ClNO2. The van der Waals surface area contributed by atoms with Crippen LogP contribution in [0.4, 0.5) is 0 Å². The van der Waals surface area contributed by atoms with Gasteiger partial charge in [-0.05, 0) is 18.2 Å². The van der Waals surface area contributed by atoms with Gasteiger partial charge in [0.05, 0.1) is 11.8 Å². The first-order chi connectivity index (χ1) is 7.95. The van der Waals surface area contributed by atoms with E-state index in [0.717, 1.165) is 30.2 Å². The van der Waals surface area contributed by atoms with Crippen LogP contribution in [0.25, 0.3) is 11.3 Å². The molecule has 4 heteroatoms. The molecular weight excluding hydrogens is 238 g/mol. The molecule has 3 nitrogen and oxygen atoms in total. The third-order valence-corrected chi connectivity index (χ3v) is 2.72. The van der Waals surface area contributed by atoms with Crippen molar-refractivity contribution in [2.45, 2.75) is 6.54 Å². The number of benzene rings is 1. The number of nitrogens with one attached hydrogen (secondary N) is 1. The standard InChI is InChI=1S/C13H13NO2.ClH/c1-3-10-9-14-6-8-16-13(10)11(4-1)12-5-2-7-15-12;/h1-5,7,14H,6,8-9H2;1H. The molecule has 0 amide bonds. The summed E-state index contributed by atoms with van der Waals surface area (Å²) in [5.74, 6) is 1.81. The molecule has 1 aliphatic rings. The van der Waals surface area contributed by atoms with Crippen LogP contribution in [0, 0.1) is 0 Å². The monoisotopic (exact) mass is 251 g/mol. The molecule has 2 heterocycles. The quantitative estimate of drug-likeness (QED) is 0.846. The van der Waals surface area contributed by atoms with E-state index in [-0.39, 0.29) is 12.4 Å². The summed E-state index contributed by atoms with van der Waals surface area (Å²) in [5.41, 5.74) is 2.22. The number of furan rings is 1. The Labute approximate surface area is 106 Å². The number of hydrogen-bond donors (Lipinski definition) is 1. The minimum absolute atomic E-state index is 0. The highest BCUT2D eigenvalue weighted by molar-refractivity contribution is 5.85. The SMILES string of the molecule is Cl.c1coc(-c2cccc3c2OCCNC3)c1. The lowest BCUT2D eigenvalue weighted by atomic mass is 10.1. The fraction of sp³-hybridized carbons (Fsp3) is 0.231. The number of para-hydroxylation sites is 1. The maximum absolute atomic E-state index is 5.78. The summed E-state index contributed by atoms with van der Waals surface area (Å²) in [4.78, 5) is 0. The molecule has 0 aliphatic carbocycles. The van der Waals surface area contributed by atoms with Crippen LogP contribution in [0.15, 0.2) is 41.0 Å². The molecule has 0 atom stereocenters. The van der Waals surface area contributed by atoms with Gasteiger partial charge in [0, 0.05) is 18.7 Å². The molecule has 2 aromatic rings. The van der Waals surface area contributed by atoms with Gasteiger partial charge in [-0.2, -0.15) is 0 Å².